The molecule has 6 nitrogen and oxygen atoms in total. The number of rotatable bonds is 4. The van der Waals surface area contributed by atoms with E-state index in [2.05, 4.69) is 11.6 Å². The van der Waals surface area contributed by atoms with Crippen LogP contribution >= 0.6 is 34.5 Å². The van der Waals surface area contributed by atoms with Crippen molar-refractivity contribution < 1.29 is 14.4 Å². The summed E-state index contributed by atoms with van der Waals surface area (Å²) >= 11 is 13.8. The van der Waals surface area contributed by atoms with E-state index in [0.717, 1.165) is 15.1 Å². The van der Waals surface area contributed by atoms with Crippen molar-refractivity contribution in [2.75, 3.05) is 4.90 Å². The smallest absolute Gasteiger partial charge is 0.279 e. The number of carbonyl (C=O) groups is 3. The summed E-state index contributed by atoms with van der Waals surface area (Å²) in [5.74, 6) is -0.933. The van der Waals surface area contributed by atoms with Crippen molar-refractivity contribution in [2.24, 2.45) is 4.99 Å². The first-order valence-corrected chi connectivity index (χ1v) is 10.6. The van der Waals surface area contributed by atoms with Crippen LogP contribution in [0.2, 0.25) is 10.0 Å². The minimum atomic E-state index is -0.452. The highest BCUT2D eigenvalue weighted by molar-refractivity contribution is 7.16. The van der Waals surface area contributed by atoms with Gasteiger partial charge in [0.05, 0.1) is 20.9 Å². The molecule has 9 heteroatoms. The van der Waals surface area contributed by atoms with Crippen LogP contribution in [0.4, 0.5) is 5.69 Å². The number of hydrogen-bond donors (Lipinski definition) is 0. The van der Waals surface area contributed by atoms with E-state index in [1.54, 1.807) is 47.0 Å². The number of fused-ring (bicyclic) bond motifs is 1. The molecule has 3 aromatic rings. The highest BCUT2D eigenvalue weighted by Gasteiger charge is 2.30. The lowest BCUT2D eigenvalue weighted by Crippen LogP contribution is -2.28. The molecule has 0 unspecified atom stereocenters. The Morgan fingerprint density at radius 2 is 1.80 bits per heavy atom. The molecule has 1 aliphatic heterocycles. The molecule has 0 aliphatic carbocycles. The van der Waals surface area contributed by atoms with Crippen molar-refractivity contribution in [2.45, 2.75) is 19.4 Å². The van der Waals surface area contributed by atoms with Crippen LogP contribution in [0.15, 0.2) is 54.0 Å². The lowest BCUT2D eigenvalue weighted by Gasteiger charge is -2.13. The lowest BCUT2D eigenvalue weighted by molar-refractivity contribution is -0.121. The Balaban J connectivity index is 1.72. The molecule has 1 fully saturated rings. The number of hydrogen-bond acceptors (Lipinski definition) is 4. The molecule has 0 atom stereocenters. The third-order valence-corrected chi connectivity index (χ3v) is 6.16. The minimum Gasteiger partial charge on any atom is -0.311 e. The third-order valence-electron chi connectivity index (χ3n) is 4.63. The molecular weight excluding hydrogens is 445 g/mol. The standard InChI is InChI=1S/C21H15Cl2N3O3S/c1-2-9-25-19-15(23)10-13(22)11-16(19)30-21(25)24-20(29)12-3-5-14(6-4-12)26-17(27)7-8-18(26)28/h2-6,10-11H,1,7-9H2. The van der Waals surface area contributed by atoms with Gasteiger partial charge >= 0.3 is 0 Å². The molecular formula is C21H15Cl2N3O3S. The topological polar surface area (TPSA) is 71.7 Å². The Morgan fingerprint density at radius 3 is 2.43 bits per heavy atom. The molecule has 1 aliphatic rings. The van der Waals surface area contributed by atoms with Gasteiger partial charge in [-0.15, -0.1) is 6.58 Å². The van der Waals surface area contributed by atoms with Gasteiger partial charge in [-0.25, -0.2) is 0 Å². The first-order valence-electron chi connectivity index (χ1n) is 9.03. The van der Waals surface area contributed by atoms with Gasteiger partial charge in [0.25, 0.3) is 5.91 Å². The van der Waals surface area contributed by atoms with Gasteiger partial charge in [-0.1, -0.05) is 40.6 Å². The summed E-state index contributed by atoms with van der Waals surface area (Å²) in [6, 6.07) is 9.66. The number of amides is 3. The van der Waals surface area contributed by atoms with E-state index >= 15 is 0 Å². The Bertz CT molecular complexity index is 1260. The number of anilines is 1. The van der Waals surface area contributed by atoms with Crippen LogP contribution in [0.5, 0.6) is 0 Å². The summed E-state index contributed by atoms with van der Waals surface area (Å²) in [6.45, 7) is 4.18. The van der Waals surface area contributed by atoms with Gasteiger partial charge in [0.2, 0.25) is 11.8 Å². The first-order chi connectivity index (χ1) is 14.4. The Morgan fingerprint density at radius 1 is 1.13 bits per heavy atom. The minimum absolute atomic E-state index is 0.205. The van der Waals surface area contributed by atoms with Crippen molar-refractivity contribution >= 4 is 68.2 Å². The van der Waals surface area contributed by atoms with E-state index in [-0.39, 0.29) is 24.7 Å². The normalized spacial score (nSPS) is 14.7. The SMILES string of the molecule is C=CCn1c(=NC(=O)c2ccc(N3C(=O)CCC3=O)cc2)sc2cc(Cl)cc(Cl)c21. The van der Waals surface area contributed by atoms with Crippen LogP contribution in [0, 0.1) is 0 Å². The summed E-state index contributed by atoms with van der Waals surface area (Å²) in [4.78, 5) is 42.4. The average molecular weight is 460 g/mol. The van der Waals surface area contributed by atoms with Crippen LogP contribution in [0.3, 0.4) is 0 Å². The maximum Gasteiger partial charge on any atom is 0.279 e. The predicted molar refractivity (Wildman–Crippen MR) is 118 cm³/mol. The third kappa shape index (κ3) is 3.71. The molecule has 4 rings (SSSR count). The van der Waals surface area contributed by atoms with E-state index in [1.807, 2.05) is 0 Å². The summed E-state index contributed by atoms with van der Waals surface area (Å²) in [5.41, 5.74) is 1.52. The first kappa shape index (κ1) is 20.5. The molecule has 0 N–H and O–H groups in total. The van der Waals surface area contributed by atoms with Crippen LogP contribution < -0.4 is 9.70 Å². The highest BCUT2D eigenvalue weighted by Crippen LogP contribution is 2.30. The quantitative estimate of drug-likeness (QED) is 0.423. The summed E-state index contributed by atoms with van der Waals surface area (Å²) in [7, 11) is 0. The second-order valence-corrected chi connectivity index (χ2v) is 8.46. The van der Waals surface area contributed by atoms with Crippen LogP contribution in [-0.2, 0) is 16.1 Å². The maximum absolute atomic E-state index is 12.8. The largest absolute Gasteiger partial charge is 0.311 e. The molecule has 1 aromatic heterocycles. The zero-order chi connectivity index (χ0) is 21.4. The summed E-state index contributed by atoms with van der Waals surface area (Å²) in [5, 5.41) is 0.966. The second kappa shape index (κ2) is 8.18. The average Bonchev–Trinajstić information content (AvgIpc) is 3.21. The van der Waals surface area contributed by atoms with Gasteiger partial charge in [0, 0.05) is 30.0 Å². The fourth-order valence-electron chi connectivity index (χ4n) is 3.28. The number of carbonyl (C=O) groups excluding carboxylic acids is 3. The van der Waals surface area contributed by atoms with Gasteiger partial charge < -0.3 is 4.57 Å². The maximum atomic E-state index is 12.8. The molecule has 2 aromatic carbocycles. The molecule has 0 spiro atoms. The molecule has 0 saturated carbocycles. The molecule has 3 amide bonds. The van der Waals surface area contributed by atoms with Crippen molar-refractivity contribution in [3.8, 4) is 0 Å². The van der Waals surface area contributed by atoms with Crippen molar-refractivity contribution in [1.29, 1.82) is 0 Å². The summed E-state index contributed by atoms with van der Waals surface area (Å²) < 4.78 is 2.61. The highest BCUT2D eigenvalue weighted by atomic mass is 35.5. The molecule has 30 heavy (non-hydrogen) atoms. The van der Waals surface area contributed by atoms with E-state index in [1.165, 1.54) is 11.3 Å². The van der Waals surface area contributed by atoms with Crippen molar-refractivity contribution in [3.63, 3.8) is 0 Å². The van der Waals surface area contributed by atoms with Crippen molar-refractivity contribution in [3.05, 3.63) is 69.5 Å². The fourth-order valence-corrected chi connectivity index (χ4v) is 5.10. The monoisotopic (exact) mass is 459 g/mol. The Kier molecular flexibility index (Phi) is 5.60. The number of aromatic nitrogens is 1. The number of allylic oxidation sites excluding steroid dienone is 1. The second-order valence-electron chi connectivity index (χ2n) is 6.60. The zero-order valence-electron chi connectivity index (χ0n) is 15.6. The van der Waals surface area contributed by atoms with Gasteiger partial charge in [-0.3, -0.25) is 19.3 Å². The number of imide groups is 1. The van der Waals surface area contributed by atoms with Gasteiger partial charge in [-0.05, 0) is 36.4 Å². The Labute approximate surface area is 185 Å². The molecule has 152 valence electrons. The lowest BCUT2D eigenvalue weighted by atomic mass is 10.2. The molecule has 0 bridgehead atoms. The molecule has 0 radical (unpaired) electrons. The van der Waals surface area contributed by atoms with Gasteiger partial charge in [0.1, 0.15) is 0 Å². The van der Waals surface area contributed by atoms with E-state index in [9.17, 15) is 14.4 Å². The summed E-state index contributed by atoms with van der Waals surface area (Å²) in [6.07, 6.45) is 2.10. The van der Waals surface area contributed by atoms with Gasteiger partial charge in [-0.2, -0.15) is 4.99 Å². The van der Waals surface area contributed by atoms with E-state index < -0.39 is 5.91 Å². The van der Waals surface area contributed by atoms with Crippen LogP contribution in [0.1, 0.15) is 23.2 Å². The van der Waals surface area contributed by atoms with E-state index in [4.69, 9.17) is 23.2 Å². The van der Waals surface area contributed by atoms with E-state index in [0.29, 0.717) is 32.6 Å². The number of nitrogens with zero attached hydrogens (tertiary/aromatic N) is 3. The predicted octanol–water partition coefficient (Wildman–Crippen LogP) is 4.59. The molecule has 2 heterocycles. The van der Waals surface area contributed by atoms with Gasteiger partial charge in [0.15, 0.2) is 4.80 Å². The number of halogens is 2. The van der Waals surface area contributed by atoms with Crippen LogP contribution in [0.25, 0.3) is 10.2 Å². The zero-order valence-corrected chi connectivity index (χ0v) is 17.9. The number of thiazole rings is 1. The fraction of sp³-hybridized carbons (Fsp3) is 0.143. The number of benzene rings is 2. The Hall–Kier alpha value is -2.74. The van der Waals surface area contributed by atoms with Crippen molar-refractivity contribution in [1.82, 2.24) is 4.57 Å². The van der Waals surface area contributed by atoms with Crippen LogP contribution in [-0.4, -0.2) is 22.3 Å². The molecule has 1 saturated heterocycles.